The monoisotopic (exact) mass is 319 g/mol. The highest BCUT2D eigenvalue weighted by Crippen LogP contribution is 2.17. The summed E-state index contributed by atoms with van der Waals surface area (Å²) in [5.41, 5.74) is 0.221. The number of hydrazine groups is 1. The Bertz CT molecular complexity index is 764. The molecule has 8 heteroatoms. The van der Waals surface area contributed by atoms with Gasteiger partial charge in [-0.3, -0.25) is 9.80 Å². The van der Waals surface area contributed by atoms with Crippen molar-refractivity contribution in [1.82, 2.24) is 19.6 Å². The number of anilines is 1. The van der Waals surface area contributed by atoms with E-state index in [1.807, 2.05) is 30.3 Å². The first kappa shape index (κ1) is 15.2. The number of carbonyl (C=O) groups is 1. The second kappa shape index (κ2) is 5.81. The molecule has 1 aromatic carbocycles. The van der Waals surface area contributed by atoms with E-state index in [-0.39, 0.29) is 11.4 Å². The summed E-state index contributed by atoms with van der Waals surface area (Å²) in [5.74, 6) is -1.40. The second-order valence-corrected chi connectivity index (χ2v) is 5.31. The number of nitrogens with zero attached hydrogens (tertiary/aromatic N) is 4. The first-order valence-corrected chi connectivity index (χ1v) is 6.89. The molecule has 0 radical (unpaired) electrons. The van der Waals surface area contributed by atoms with Gasteiger partial charge in [-0.2, -0.15) is 0 Å². The van der Waals surface area contributed by atoms with Crippen molar-refractivity contribution in [3.8, 4) is 0 Å². The lowest BCUT2D eigenvalue weighted by Gasteiger charge is -2.30. The van der Waals surface area contributed by atoms with Gasteiger partial charge in [-0.1, -0.05) is 0 Å². The summed E-state index contributed by atoms with van der Waals surface area (Å²) < 4.78 is 28.1. The third kappa shape index (κ3) is 3.21. The molecular formula is C15H15F2N5O. The van der Waals surface area contributed by atoms with Crippen molar-refractivity contribution in [3.63, 3.8) is 0 Å². The number of carbonyl (C=O) groups excluding carboxylic acids is 1. The molecule has 1 N–H and O–H groups in total. The molecule has 1 amide bonds. The van der Waals surface area contributed by atoms with Crippen LogP contribution in [0.15, 0.2) is 30.6 Å². The van der Waals surface area contributed by atoms with Crippen molar-refractivity contribution in [1.29, 1.82) is 0 Å². The van der Waals surface area contributed by atoms with Crippen molar-refractivity contribution in [2.45, 2.75) is 6.67 Å². The number of amides is 1. The molecule has 23 heavy (non-hydrogen) atoms. The fourth-order valence-corrected chi connectivity index (χ4v) is 2.22. The highest BCUT2D eigenvalue weighted by Gasteiger charge is 2.18. The lowest BCUT2D eigenvalue weighted by atomic mass is 10.3. The number of nitrogens with one attached hydrogen (secondary N) is 1. The molecule has 0 bridgehead atoms. The van der Waals surface area contributed by atoms with E-state index in [0.29, 0.717) is 12.5 Å². The predicted molar refractivity (Wildman–Crippen MR) is 81.1 cm³/mol. The Labute approximate surface area is 131 Å². The number of imidazole rings is 1. The molecule has 120 valence electrons. The quantitative estimate of drug-likeness (QED) is 0.942. The van der Waals surface area contributed by atoms with Gasteiger partial charge in [-0.25, -0.2) is 18.8 Å². The van der Waals surface area contributed by atoms with Crippen LogP contribution in [0.25, 0.3) is 6.08 Å². The molecule has 2 heterocycles. The minimum Gasteiger partial charge on any atom is -0.320 e. The molecule has 6 nitrogen and oxygen atoms in total. The van der Waals surface area contributed by atoms with Gasteiger partial charge in [0, 0.05) is 38.2 Å². The van der Waals surface area contributed by atoms with Gasteiger partial charge >= 0.3 is 0 Å². The largest absolute Gasteiger partial charge is 0.320 e. The van der Waals surface area contributed by atoms with Crippen molar-refractivity contribution in [2.24, 2.45) is 0 Å². The Balaban J connectivity index is 1.78. The molecule has 0 aliphatic carbocycles. The zero-order chi connectivity index (χ0) is 16.6. The number of hydrogen-bond acceptors (Lipinski definition) is 4. The van der Waals surface area contributed by atoms with Crippen LogP contribution >= 0.6 is 0 Å². The lowest BCUT2D eigenvalue weighted by Crippen LogP contribution is -2.35. The number of hydrogen-bond donors (Lipinski definition) is 1. The first-order chi connectivity index (χ1) is 10.9. The smallest absolute Gasteiger partial charge is 0.275 e. The molecule has 1 aromatic heterocycles. The highest BCUT2D eigenvalue weighted by molar-refractivity contribution is 6.02. The number of halogens is 2. The molecule has 1 aliphatic heterocycles. The van der Waals surface area contributed by atoms with Gasteiger partial charge in [0.15, 0.2) is 0 Å². The van der Waals surface area contributed by atoms with E-state index in [0.717, 1.165) is 18.2 Å². The molecule has 3 rings (SSSR count). The third-order valence-corrected chi connectivity index (χ3v) is 3.37. The first-order valence-electron chi connectivity index (χ1n) is 6.89. The van der Waals surface area contributed by atoms with Crippen LogP contribution in [0, 0.1) is 11.6 Å². The van der Waals surface area contributed by atoms with Gasteiger partial charge in [0.2, 0.25) is 0 Å². The van der Waals surface area contributed by atoms with Crippen LogP contribution in [-0.2, 0) is 6.67 Å². The molecule has 1 aliphatic rings. The van der Waals surface area contributed by atoms with E-state index in [9.17, 15) is 13.6 Å². The van der Waals surface area contributed by atoms with Crippen LogP contribution in [0.1, 0.15) is 16.3 Å². The average molecular weight is 319 g/mol. The maximum absolute atomic E-state index is 13.2. The minimum absolute atomic E-state index is 0.0453. The Morgan fingerprint density at radius 3 is 2.61 bits per heavy atom. The molecule has 0 unspecified atom stereocenters. The standard InChI is InChI=1S/C15H15F2N5O/c1-20(2)22-4-3-14-19-13(8-21(14)9-22)15(23)18-12-6-10(16)5-11(17)7-12/h3-8H,9H2,1-2H3,(H,18,23). The highest BCUT2D eigenvalue weighted by atomic mass is 19.1. The van der Waals surface area contributed by atoms with Gasteiger partial charge in [0.05, 0.1) is 0 Å². The zero-order valence-electron chi connectivity index (χ0n) is 12.6. The Kier molecular flexibility index (Phi) is 3.83. The van der Waals surface area contributed by atoms with Crippen LogP contribution in [0.3, 0.4) is 0 Å². The average Bonchev–Trinajstić information content (AvgIpc) is 2.89. The maximum Gasteiger partial charge on any atom is 0.275 e. The molecule has 0 saturated heterocycles. The summed E-state index contributed by atoms with van der Waals surface area (Å²) in [6, 6.07) is 2.83. The minimum atomic E-state index is -0.756. The lowest BCUT2D eigenvalue weighted by molar-refractivity contribution is 0.0466. The second-order valence-electron chi connectivity index (χ2n) is 5.31. The van der Waals surface area contributed by atoms with E-state index in [1.54, 1.807) is 16.8 Å². The summed E-state index contributed by atoms with van der Waals surface area (Å²) >= 11 is 0. The molecule has 0 spiro atoms. The normalized spacial score (nSPS) is 13.3. The van der Waals surface area contributed by atoms with E-state index >= 15 is 0 Å². The summed E-state index contributed by atoms with van der Waals surface area (Å²) in [5, 5.41) is 6.27. The fraction of sp³-hybridized carbons (Fsp3) is 0.200. The predicted octanol–water partition coefficient (Wildman–Crippen LogP) is 2.13. The summed E-state index contributed by atoms with van der Waals surface area (Å²) in [4.78, 5) is 16.4. The molecule has 0 fully saturated rings. The topological polar surface area (TPSA) is 53.4 Å². The van der Waals surface area contributed by atoms with Gasteiger partial charge in [0.1, 0.15) is 29.8 Å². The summed E-state index contributed by atoms with van der Waals surface area (Å²) in [6.45, 7) is 0.522. The molecule has 0 saturated carbocycles. The van der Waals surface area contributed by atoms with Crippen LogP contribution < -0.4 is 5.32 Å². The maximum atomic E-state index is 13.2. The van der Waals surface area contributed by atoms with E-state index < -0.39 is 17.5 Å². The number of fused-ring (bicyclic) bond motifs is 1. The van der Waals surface area contributed by atoms with Gasteiger partial charge in [-0.05, 0) is 18.2 Å². The van der Waals surface area contributed by atoms with Crippen LogP contribution in [0.4, 0.5) is 14.5 Å². The van der Waals surface area contributed by atoms with Gasteiger partial charge < -0.3 is 9.88 Å². The SMILES string of the molecule is CN(C)N1C=Cc2nc(C(=O)Nc3cc(F)cc(F)c3)cn2C1. The number of rotatable bonds is 3. The van der Waals surface area contributed by atoms with Crippen molar-refractivity contribution in [2.75, 3.05) is 19.4 Å². The van der Waals surface area contributed by atoms with Crippen molar-refractivity contribution < 1.29 is 13.6 Å². The fourth-order valence-electron chi connectivity index (χ4n) is 2.22. The van der Waals surface area contributed by atoms with E-state index in [1.165, 1.54) is 0 Å². The Morgan fingerprint density at radius 1 is 1.26 bits per heavy atom. The van der Waals surface area contributed by atoms with Gasteiger partial charge in [-0.15, -0.1) is 0 Å². The van der Waals surface area contributed by atoms with Crippen molar-refractivity contribution in [3.05, 3.63) is 53.7 Å². The zero-order valence-corrected chi connectivity index (χ0v) is 12.6. The molecule has 0 atom stereocenters. The Morgan fingerprint density at radius 2 is 1.96 bits per heavy atom. The van der Waals surface area contributed by atoms with E-state index in [2.05, 4.69) is 10.3 Å². The summed E-state index contributed by atoms with van der Waals surface area (Å²) in [6.07, 6.45) is 5.23. The van der Waals surface area contributed by atoms with Crippen LogP contribution in [0.5, 0.6) is 0 Å². The number of benzene rings is 1. The van der Waals surface area contributed by atoms with E-state index in [4.69, 9.17) is 0 Å². The van der Waals surface area contributed by atoms with Crippen molar-refractivity contribution >= 4 is 17.7 Å². The summed E-state index contributed by atoms with van der Waals surface area (Å²) in [7, 11) is 3.80. The van der Waals surface area contributed by atoms with Crippen LogP contribution in [0.2, 0.25) is 0 Å². The third-order valence-electron chi connectivity index (χ3n) is 3.37. The van der Waals surface area contributed by atoms with Crippen LogP contribution in [-0.4, -0.2) is 39.6 Å². The van der Waals surface area contributed by atoms with Gasteiger partial charge in [0.25, 0.3) is 5.91 Å². The molecule has 2 aromatic rings. The molecular weight excluding hydrogens is 304 g/mol. The Hall–Kier alpha value is -2.74. The number of aromatic nitrogens is 2.